The first-order valence-corrected chi connectivity index (χ1v) is 9.20. The minimum absolute atomic E-state index is 0.0160. The minimum atomic E-state index is -0.613. The zero-order valence-electron chi connectivity index (χ0n) is 15.0. The molecule has 5 heteroatoms. The van der Waals surface area contributed by atoms with Crippen LogP contribution in [0.1, 0.15) is 29.2 Å². The van der Waals surface area contributed by atoms with E-state index in [0.717, 1.165) is 27.1 Å². The summed E-state index contributed by atoms with van der Waals surface area (Å²) < 4.78 is 17.9. The van der Waals surface area contributed by atoms with Crippen molar-refractivity contribution < 1.29 is 13.9 Å². The number of carbonyl (C=O) groups is 1. The average molecular weight is 369 g/mol. The Morgan fingerprint density at radius 2 is 1.96 bits per heavy atom. The zero-order valence-corrected chi connectivity index (χ0v) is 15.8. The van der Waals surface area contributed by atoms with E-state index in [1.54, 1.807) is 36.9 Å². The summed E-state index contributed by atoms with van der Waals surface area (Å²) in [6.45, 7) is 5.87. The van der Waals surface area contributed by atoms with Crippen LogP contribution in [0.3, 0.4) is 0 Å². The van der Waals surface area contributed by atoms with Crippen LogP contribution in [0.4, 0.5) is 4.39 Å². The lowest BCUT2D eigenvalue weighted by molar-refractivity contribution is -0.137. The van der Waals surface area contributed by atoms with Gasteiger partial charge >= 0.3 is 5.97 Å². The van der Waals surface area contributed by atoms with Gasteiger partial charge in [-0.25, -0.2) is 9.18 Å². The first-order valence-electron chi connectivity index (χ1n) is 8.22. The van der Waals surface area contributed by atoms with Gasteiger partial charge in [0.2, 0.25) is 0 Å². The van der Waals surface area contributed by atoms with E-state index in [4.69, 9.17) is 4.74 Å². The number of benzene rings is 2. The minimum Gasteiger partial charge on any atom is -0.462 e. The van der Waals surface area contributed by atoms with E-state index in [-0.39, 0.29) is 18.0 Å². The zero-order chi connectivity index (χ0) is 19.1. The second kappa shape index (κ2) is 9.21. The highest BCUT2D eigenvalue weighted by Gasteiger charge is 2.12. The summed E-state index contributed by atoms with van der Waals surface area (Å²) in [5.41, 5.74) is 3.95. The fourth-order valence-electron chi connectivity index (χ4n) is 2.46. The van der Waals surface area contributed by atoms with Crippen molar-refractivity contribution >= 4 is 23.8 Å². The summed E-state index contributed by atoms with van der Waals surface area (Å²) >= 11 is 1.61. The van der Waals surface area contributed by atoms with Crippen molar-refractivity contribution in [1.29, 1.82) is 5.26 Å². The van der Waals surface area contributed by atoms with Gasteiger partial charge in [-0.2, -0.15) is 5.26 Å². The van der Waals surface area contributed by atoms with Gasteiger partial charge in [0.1, 0.15) is 17.5 Å². The number of carbonyl (C=O) groups excluding carboxylic acids is 1. The molecule has 0 saturated heterocycles. The number of ether oxygens (including phenoxy) is 1. The first-order chi connectivity index (χ1) is 12.4. The summed E-state index contributed by atoms with van der Waals surface area (Å²) in [4.78, 5) is 12.8. The molecule has 0 aliphatic heterocycles. The lowest BCUT2D eigenvalue weighted by Crippen LogP contribution is -2.06. The van der Waals surface area contributed by atoms with Crippen LogP contribution in [-0.2, 0) is 15.3 Å². The summed E-state index contributed by atoms with van der Waals surface area (Å²) in [5.74, 6) is -0.156. The Kier molecular flexibility index (Phi) is 6.99. The molecule has 2 rings (SSSR count). The SMILES string of the molecule is CCOC(=O)/C(C#N)=C/c1cc(C)cc(CSc2ccc(F)cc2)c1C. The maximum Gasteiger partial charge on any atom is 0.348 e. The molecular weight excluding hydrogens is 349 g/mol. The number of esters is 1. The second-order valence-corrected chi connectivity index (χ2v) is 6.82. The summed E-state index contributed by atoms with van der Waals surface area (Å²) in [7, 11) is 0. The van der Waals surface area contributed by atoms with Crippen LogP contribution in [-0.4, -0.2) is 12.6 Å². The predicted molar refractivity (Wildman–Crippen MR) is 102 cm³/mol. The number of halogens is 1. The Hall–Kier alpha value is -2.58. The highest BCUT2D eigenvalue weighted by Crippen LogP contribution is 2.27. The molecule has 0 aliphatic rings. The number of hydrogen-bond donors (Lipinski definition) is 0. The number of aryl methyl sites for hydroxylation is 1. The Bertz CT molecular complexity index is 867. The molecule has 0 spiro atoms. The van der Waals surface area contributed by atoms with Crippen molar-refractivity contribution in [3.05, 3.63) is 70.0 Å². The molecular formula is C21H20FNO2S. The van der Waals surface area contributed by atoms with Crippen molar-refractivity contribution in [1.82, 2.24) is 0 Å². The summed E-state index contributed by atoms with van der Waals surface area (Å²) in [6, 6.07) is 12.3. The van der Waals surface area contributed by atoms with Gasteiger partial charge in [-0.3, -0.25) is 0 Å². The van der Waals surface area contributed by atoms with Crippen LogP contribution in [0.25, 0.3) is 6.08 Å². The molecule has 0 amide bonds. The molecule has 3 nitrogen and oxygen atoms in total. The predicted octanol–water partition coefficient (Wildman–Crippen LogP) is 5.20. The van der Waals surface area contributed by atoms with Gasteiger partial charge in [-0.05, 0) is 67.8 Å². The number of thioether (sulfide) groups is 1. The van der Waals surface area contributed by atoms with Crippen molar-refractivity contribution in [3.8, 4) is 6.07 Å². The van der Waals surface area contributed by atoms with E-state index in [9.17, 15) is 14.4 Å². The topological polar surface area (TPSA) is 50.1 Å². The molecule has 134 valence electrons. The van der Waals surface area contributed by atoms with Crippen molar-refractivity contribution in [3.63, 3.8) is 0 Å². The molecule has 0 fully saturated rings. The summed E-state index contributed by atoms with van der Waals surface area (Å²) in [6.07, 6.45) is 1.58. The maximum absolute atomic E-state index is 13.0. The molecule has 0 saturated carbocycles. The van der Waals surface area contributed by atoms with Gasteiger partial charge in [0.25, 0.3) is 0 Å². The van der Waals surface area contributed by atoms with Crippen LogP contribution < -0.4 is 0 Å². The molecule has 0 N–H and O–H groups in total. The molecule has 26 heavy (non-hydrogen) atoms. The lowest BCUT2D eigenvalue weighted by Gasteiger charge is -2.11. The molecule has 0 aromatic heterocycles. The lowest BCUT2D eigenvalue weighted by atomic mass is 9.98. The van der Waals surface area contributed by atoms with E-state index < -0.39 is 5.97 Å². The van der Waals surface area contributed by atoms with Crippen LogP contribution >= 0.6 is 11.8 Å². The molecule has 2 aromatic rings. The van der Waals surface area contributed by atoms with E-state index in [1.807, 2.05) is 26.0 Å². The van der Waals surface area contributed by atoms with Crippen LogP contribution in [0.2, 0.25) is 0 Å². The molecule has 0 heterocycles. The number of nitriles is 1. The van der Waals surface area contributed by atoms with Crippen LogP contribution in [0, 0.1) is 31.0 Å². The summed E-state index contributed by atoms with van der Waals surface area (Å²) in [5, 5.41) is 9.23. The Labute approximate surface area is 157 Å². The third kappa shape index (κ3) is 5.21. The molecule has 0 aliphatic carbocycles. The van der Waals surface area contributed by atoms with Crippen molar-refractivity contribution in [2.45, 2.75) is 31.4 Å². The fourth-order valence-corrected chi connectivity index (χ4v) is 3.41. The molecule has 0 radical (unpaired) electrons. The van der Waals surface area contributed by atoms with E-state index in [2.05, 4.69) is 6.07 Å². The van der Waals surface area contributed by atoms with Crippen molar-refractivity contribution in [2.75, 3.05) is 6.61 Å². The first kappa shape index (κ1) is 19.7. The Morgan fingerprint density at radius 1 is 1.27 bits per heavy atom. The number of nitrogens with zero attached hydrogens (tertiary/aromatic N) is 1. The van der Waals surface area contributed by atoms with Gasteiger partial charge in [-0.1, -0.05) is 17.7 Å². The molecule has 0 bridgehead atoms. The van der Waals surface area contributed by atoms with Gasteiger partial charge in [-0.15, -0.1) is 11.8 Å². The molecule has 0 unspecified atom stereocenters. The van der Waals surface area contributed by atoms with Crippen LogP contribution in [0.15, 0.2) is 46.9 Å². The largest absolute Gasteiger partial charge is 0.462 e. The van der Waals surface area contributed by atoms with Crippen molar-refractivity contribution in [2.24, 2.45) is 0 Å². The van der Waals surface area contributed by atoms with E-state index in [1.165, 1.54) is 12.1 Å². The van der Waals surface area contributed by atoms with E-state index in [0.29, 0.717) is 5.75 Å². The molecule has 2 aromatic carbocycles. The van der Waals surface area contributed by atoms with E-state index >= 15 is 0 Å². The van der Waals surface area contributed by atoms with Gasteiger partial charge in [0.15, 0.2) is 0 Å². The second-order valence-electron chi connectivity index (χ2n) is 5.77. The third-order valence-corrected chi connectivity index (χ3v) is 4.88. The normalized spacial score (nSPS) is 11.1. The Morgan fingerprint density at radius 3 is 2.58 bits per heavy atom. The van der Waals surface area contributed by atoms with Crippen LogP contribution in [0.5, 0.6) is 0 Å². The smallest absolute Gasteiger partial charge is 0.348 e. The Balaban J connectivity index is 2.28. The van der Waals surface area contributed by atoms with Gasteiger partial charge < -0.3 is 4.74 Å². The standard InChI is InChI=1S/C21H20FNO2S/c1-4-25-21(24)17(12-23)11-16-9-14(2)10-18(15(16)3)13-26-20-7-5-19(22)6-8-20/h5-11H,4,13H2,1-3H3/b17-11+. The quantitative estimate of drug-likeness (QED) is 0.304. The molecule has 0 atom stereocenters. The highest BCUT2D eigenvalue weighted by atomic mass is 32.2. The van der Waals surface area contributed by atoms with Gasteiger partial charge in [0, 0.05) is 10.6 Å². The number of rotatable bonds is 6. The highest BCUT2D eigenvalue weighted by molar-refractivity contribution is 7.98. The maximum atomic E-state index is 13.0. The number of hydrogen-bond acceptors (Lipinski definition) is 4. The third-order valence-electron chi connectivity index (χ3n) is 3.82. The fraction of sp³-hybridized carbons (Fsp3) is 0.238. The average Bonchev–Trinajstić information content (AvgIpc) is 2.62. The monoisotopic (exact) mass is 369 g/mol. The van der Waals surface area contributed by atoms with Gasteiger partial charge in [0.05, 0.1) is 6.61 Å².